The average Bonchev–Trinajstić information content (AvgIpc) is 2.04. The topological polar surface area (TPSA) is 29.1 Å². The van der Waals surface area contributed by atoms with Crippen molar-refractivity contribution in [1.82, 2.24) is 5.32 Å². The highest BCUT2D eigenvalue weighted by atomic mass is 16.1. The van der Waals surface area contributed by atoms with Crippen molar-refractivity contribution in [3.8, 4) is 0 Å². The van der Waals surface area contributed by atoms with E-state index in [2.05, 4.69) is 12.2 Å². The molecule has 0 aromatic carbocycles. The molecule has 68 valence electrons. The second kappa shape index (κ2) is 4.29. The standard InChI is InChI=1S/C10H17NO/c1-3-9-6-4-5-7-10(9)11-8(2)12/h3-7H2,1-2H3,(H,11,12). The summed E-state index contributed by atoms with van der Waals surface area (Å²) < 4.78 is 0. The summed E-state index contributed by atoms with van der Waals surface area (Å²) in [5.41, 5.74) is 2.63. The summed E-state index contributed by atoms with van der Waals surface area (Å²) in [6.45, 7) is 3.73. The zero-order valence-corrected chi connectivity index (χ0v) is 7.94. The Morgan fingerprint density at radius 3 is 2.67 bits per heavy atom. The molecule has 0 aromatic heterocycles. The Hall–Kier alpha value is -0.790. The maximum absolute atomic E-state index is 10.8. The summed E-state index contributed by atoms with van der Waals surface area (Å²) >= 11 is 0. The lowest BCUT2D eigenvalue weighted by molar-refractivity contribution is -0.118. The molecule has 0 spiro atoms. The number of carbonyl (C=O) groups is 1. The lowest BCUT2D eigenvalue weighted by Crippen LogP contribution is -2.22. The van der Waals surface area contributed by atoms with Gasteiger partial charge in [0.05, 0.1) is 0 Å². The van der Waals surface area contributed by atoms with Crippen molar-refractivity contribution in [2.24, 2.45) is 0 Å². The fraction of sp³-hybridized carbons (Fsp3) is 0.700. The Labute approximate surface area is 74.0 Å². The molecule has 1 aliphatic carbocycles. The Bertz CT molecular complexity index is 206. The third-order valence-corrected chi connectivity index (χ3v) is 2.34. The highest BCUT2D eigenvalue weighted by Gasteiger charge is 2.11. The summed E-state index contributed by atoms with van der Waals surface area (Å²) in [5, 5.41) is 2.92. The molecule has 1 amide bonds. The number of carbonyl (C=O) groups excluding carboxylic acids is 1. The van der Waals surface area contributed by atoms with E-state index in [0.29, 0.717) is 0 Å². The van der Waals surface area contributed by atoms with Crippen LogP contribution in [0.2, 0.25) is 0 Å². The number of hydrogen-bond donors (Lipinski definition) is 1. The van der Waals surface area contributed by atoms with Crippen LogP contribution in [0.1, 0.15) is 46.0 Å². The second-order valence-electron chi connectivity index (χ2n) is 3.32. The number of hydrogen-bond acceptors (Lipinski definition) is 1. The average molecular weight is 167 g/mol. The van der Waals surface area contributed by atoms with E-state index in [1.807, 2.05) is 0 Å². The Morgan fingerprint density at radius 2 is 2.08 bits per heavy atom. The molecular formula is C10H17NO. The summed E-state index contributed by atoms with van der Waals surface area (Å²) in [5.74, 6) is 0.0675. The van der Waals surface area contributed by atoms with Crippen LogP contribution in [-0.2, 0) is 4.79 Å². The molecule has 1 aliphatic rings. The molecule has 0 saturated heterocycles. The van der Waals surface area contributed by atoms with E-state index in [4.69, 9.17) is 0 Å². The van der Waals surface area contributed by atoms with E-state index in [9.17, 15) is 4.79 Å². The molecule has 1 rings (SSSR count). The molecule has 0 unspecified atom stereocenters. The molecule has 0 radical (unpaired) electrons. The molecule has 0 aliphatic heterocycles. The first-order valence-corrected chi connectivity index (χ1v) is 4.72. The number of rotatable bonds is 2. The Kier molecular flexibility index (Phi) is 3.32. The maximum Gasteiger partial charge on any atom is 0.220 e. The third kappa shape index (κ3) is 2.36. The number of amides is 1. The highest BCUT2D eigenvalue weighted by Crippen LogP contribution is 2.24. The first-order chi connectivity index (χ1) is 5.74. The molecular weight excluding hydrogens is 150 g/mol. The van der Waals surface area contributed by atoms with Gasteiger partial charge in [-0.25, -0.2) is 0 Å². The Morgan fingerprint density at radius 1 is 1.42 bits per heavy atom. The van der Waals surface area contributed by atoms with Gasteiger partial charge in [0, 0.05) is 12.6 Å². The molecule has 2 heteroatoms. The van der Waals surface area contributed by atoms with Gasteiger partial charge in [0.2, 0.25) is 5.91 Å². The van der Waals surface area contributed by atoms with E-state index in [1.54, 1.807) is 6.92 Å². The van der Waals surface area contributed by atoms with Gasteiger partial charge < -0.3 is 5.32 Å². The monoisotopic (exact) mass is 167 g/mol. The molecule has 0 fully saturated rings. The van der Waals surface area contributed by atoms with Crippen LogP contribution in [0.5, 0.6) is 0 Å². The quantitative estimate of drug-likeness (QED) is 0.672. The van der Waals surface area contributed by atoms with E-state index < -0.39 is 0 Å². The summed E-state index contributed by atoms with van der Waals surface area (Å²) in [4.78, 5) is 10.8. The van der Waals surface area contributed by atoms with Crippen molar-refractivity contribution >= 4 is 5.91 Å². The van der Waals surface area contributed by atoms with Gasteiger partial charge in [0.1, 0.15) is 0 Å². The van der Waals surface area contributed by atoms with Crippen molar-refractivity contribution in [2.45, 2.75) is 46.0 Å². The van der Waals surface area contributed by atoms with Crippen LogP contribution < -0.4 is 5.32 Å². The van der Waals surface area contributed by atoms with Gasteiger partial charge in [-0.15, -0.1) is 0 Å². The van der Waals surface area contributed by atoms with Gasteiger partial charge in [0.15, 0.2) is 0 Å². The fourth-order valence-corrected chi connectivity index (χ4v) is 1.72. The SMILES string of the molecule is CCC1=C(NC(C)=O)CCCC1. The Balaban J connectivity index is 2.66. The first-order valence-electron chi connectivity index (χ1n) is 4.72. The van der Waals surface area contributed by atoms with Crippen LogP contribution in [-0.4, -0.2) is 5.91 Å². The zero-order valence-electron chi connectivity index (χ0n) is 7.94. The van der Waals surface area contributed by atoms with Crippen molar-refractivity contribution in [1.29, 1.82) is 0 Å². The molecule has 0 aromatic rings. The minimum Gasteiger partial charge on any atom is -0.330 e. The van der Waals surface area contributed by atoms with Crippen molar-refractivity contribution in [3.63, 3.8) is 0 Å². The molecule has 2 nitrogen and oxygen atoms in total. The molecule has 12 heavy (non-hydrogen) atoms. The lowest BCUT2D eigenvalue weighted by atomic mass is 9.94. The highest BCUT2D eigenvalue weighted by molar-refractivity contribution is 5.75. The van der Waals surface area contributed by atoms with Gasteiger partial charge in [-0.2, -0.15) is 0 Å². The van der Waals surface area contributed by atoms with Crippen LogP contribution >= 0.6 is 0 Å². The summed E-state index contributed by atoms with van der Waals surface area (Å²) in [7, 11) is 0. The van der Waals surface area contributed by atoms with E-state index >= 15 is 0 Å². The second-order valence-corrected chi connectivity index (χ2v) is 3.32. The predicted octanol–water partition coefficient (Wildman–Crippen LogP) is 2.36. The van der Waals surface area contributed by atoms with Gasteiger partial charge >= 0.3 is 0 Å². The normalized spacial score (nSPS) is 17.8. The zero-order chi connectivity index (χ0) is 8.97. The van der Waals surface area contributed by atoms with Crippen LogP contribution in [0.3, 0.4) is 0 Å². The van der Waals surface area contributed by atoms with Crippen LogP contribution in [0, 0.1) is 0 Å². The minimum atomic E-state index is 0.0675. The minimum absolute atomic E-state index is 0.0675. The van der Waals surface area contributed by atoms with Gasteiger partial charge in [-0.1, -0.05) is 12.5 Å². The first kappa shape index (κ1) is 9.30. The molecule has 0 heterocycles. The summed E-state index contributed by atoms with van der Waals surface area (Å²) in [6.07, 6.45) is 5.82. The van der Waals surface area contributed by atoms with E-state index in [-0.39, 0.29) is 5.91 Å². The van der Waals surface area contributed by atoms with E-state index in [0.717, 1.165) is 12.8 Å². The largest absolute Gasteiger partial charge is 0.330 e. The molecule has 0 atom stereocenters. The van der Waals surface area contributed by atoms with E-state index in [1.165, 1.54) is 30.5 Å². The van der Waals surface area contributed by atoms with Gasteiger partial charge in [0.25, 0.3) is 0 Å². The van der Waals surface area contributed by atoms with Crippen molar-refractivity contribution in [2.75, 3.05) is 0 Å². The lowest BCUT2D eigenvalue weighted by Gasteiger charge is -2.19. The molecule has 0 bridgehead atoms. The number of allylic oxidation sites excluding steroid dienone is 2. The third-order valence-electron chi connectivity index (χ3n) is 2.34. The van der Waals surface area contributed by atoms with Gasteiger partial charge in [-0.3, -0.25) is 4.79 Å². The summed E-state index contributed by atoms with van der Waals surface area (Å²) in [6, 6.07) is 0. The molecule has 0 saturated carbocycles. The van der Waals surface area contributed by atoms with Gasteiger partial charge in [-0.05, 0) is 32.1 Å². The van der Waals surface area contributed by atoms with Crippen LogP contribution in [0.15, 0.2) is 11.3 Å². The van der Waals surface area contributed by atoms with Crippen LogP contribution in [0.4, 0.5) is 0 Å². The van der Waals surface area contributed by atoms with Crippen molar-refractivity contribution < 1.29 is 4.79 Å². The van der Waals surface area contributed by atoms with Crippen molar-refractivity contribution in [3.05, 3.63) is 11.3 Å². The predicted molar refractivity (Wildman–Crippen MR) is 49.6 cm³/mol. The number of nitrogens with one attached hydrogen (secondary N) is 1. The molecule has 1 N–H and O–H groups in total. The van der Waals surface area contributed by atoms with Crippen LogP contribution in [0.25, 0.3) is 0 Å². The maximum atomic E-state index is 10.8. The smallest absolute Gasteiger partial charge is 0.220 e. The fourth-order valence-electron chi connectivity index (χ4n) is 1.72.